The molecule has 0 aliphatic rings. The SMILES string of the molecule is CC[C@H](C)[C@H](NC(=O)[C@H](Cc1c[nH]c2ccccc12)NC(=O)[C@H](CCSC)NC(=O)[C@H](CC(C)C)NC(=O)[C@H](CC(C)C)NC(=O)[C@@H](N)CO)C(=O)N[C@H](C(=O)N[C@@H](CCC(N)=O)C(=O)N[C@@H](CO)C(=O)O)[C@@H](C)O. The van der Waals surface area contributed by atoms with E-state index in [0.29, 0.717) is 16.7 Å². The number of nitrogens with one attached hydrogen (secondary N) is 9. The summed E-state index contributed by atoms with van der Waals surface area (Å²) in [6.45, 7) is 10.1. The number of benzene rings is 1. The van der Waals surface area contributed by atoms with E-state index in [0.717, 1.165) is 12.4 Å². The standard InChI is InChI=1S/C49H79N11O14S/c1-9-26(6)39(47(71)60-40(27(7)63)48(72)54-32(14-15-38(51)64)42(66)58-37(23-62)49(73)74)59-46(70)36(20-28-21-52-31-13-11-10-12-29(28)31)57-43(67)33(16-17-75-8)53-44(68)35(19-25(4)5)56-45(69)34(18-24(2)3)55-41(65)30(50)22-61/h10-13,21,24-27,30,32-37,39-40,52,61-63H,9,14-20,22-23,50H2,1-8H3,(H2,51,64)(H,53,68)(H,54,72)(H,55,65)(H,56,69)(H,57,67)(H,58,66)(H,59,70)(H,60,71)(H,73,74)/t26-,27+,30-,32-,33-,34-,35-,36-,37-,39-,40-/m0/s1. The van der Waals surface area contributed by atoms with E-state index in [2.05, 4.69) is 42.2 Å². The number of thioether (sulfide) groups is 1. The van der Waals surface area contributed by atoms with Crippen molar-refractivity contribution in [3.8, 4) is 0 Å². The molecule has 0 aliphatic heterocycles. The summed E-state index contributed by atoms with van der Waals surface area (Å²) in [4.78, 5) is 137. The quantitative estimate of drug-likeness (QED) is 0.0345. The van der Waals surface area contributed by atoms with E-state index >= 15 is 0 Å². The zero-order valence-electron chi connectivity index (χ0n) is 43.9. The summed E-state index contributed by atoms with van der Waals surface area (Å²) >= 11 is 1.38. The molecule has 0 bridgehead atoms. The van der Waals surface area contributed by atoms with Crippen LogP contribution in [0.3, 0.4) is 0 Å². The van der Waals surface area contributed by atoms with Crippen LogP contribution in [0, 0.1) is 17.8 Å². The predicted octanol–water partition coefficient (Wildman–Crippen LogP) is -2.48. The molecule has 26 heteroatoms. The van der Waals surface area contributed by atoms with Crippen LogP contribution in [0.15, 0.2) is 30.5 Å². The number of amides is 9. The third-order valence-electron chi connectivity index (χ3n) is 12.2. The lowest BCUT2D eigenvalue weighted by Crippen LogP contribution is -2.63. The number of aliphatic hydroxyl groups is 3. The molecule has 0 unspecified atom stereocenters. The molecule has 420 valence electrons. The average molecular weight is 1080 g/mol. The van der Waals surface area contributed by atoms with Crippen molar-refractivity contribution in [3.63, 3.8) is 0 Å². The van der Waals surface area contributed by atoms with Gasteiger partial charge in [0.1, 0.15) is 54.4 Å². The van der Waals surface area contributed by atoms with Crippen LogP contribution in [0.1, 0.15) is 92.6 Å². The van der Waals surface area contributed by atoms with E-state index in [1.807, 2.05) is 39.1 Å². The molecule has 1 aromatic carbocycles. The second-order valence-electron chi connectivity index (χ2n) is 19.4. The molecule has 0 saturated heterocycles. The number of para-hydroxylation sites is 1. The van der Waals surface area contributed by atoms with Gasteiger partial charge in [-0.05, 0) is 74.0 Å². The number of nitrogens with two attached hydrogens (primary N) is 2. The van der Waals surface area contributed by atoms with E-state index in [4.69, 9.17) is 11.5 Å². The Morgan fingerprint density at radius 2 is 1.08 bits per heavy atom. The normalized spacial score (nSPS) is 15.8. The fourth-order valence-electron chi connectivity index (χ4n) is 7.70. The van der Waals surface area contributed by atoms with Gasteiger partial charge in [-0.1, -0.05) is 66.2 Å². The molecule has 0 fully saturated rings. The molecular weight excluding hydrogens is 999 g/mol. The van der Waals surface area contributed by atoms with Crippen molar-refractivity contribution < 1.29 is 68.4 Å². The molecule has 0 saturated carbocycles. The van der Waals surface area contributed by atoms with Crippen molar-refractivity contribution >= 4 is 81.8 Å². The smallest absolute Gasteiger partial charge is 0.328 e. The van der Waals surface area contributed by atoms with E-state index in [9.17, 15) is 68.4 Å². The minimum atomic E-state index is -1.80. The van der Waals surface area contributed by atoms with Crippen molar-refractivity contribution in [1.82, 2.24) is 47.5 Å². The summed E-state index contributed by atoms with van der Waals surface area (Å²) in [7, 11) is 0. The van der Waals surface area contributed by atoms with Crippen molar-refractivity contribution in [2.45, 2.75) is 154 Å². The van der Waals surface area contributed by atoms with Crippen LogP contribution in [-0.4, -0.2) is 170 Å². The fraction of sp³-hybridized carbons (Fsp3) is 0.633. The van der Waals surface area contributed by atoms with Gasteiger partial charge in [0.15, 0.2) is 0 Å². The van der Waals surface area contributed by atoms with Crippen LogP contribution in [0.4, 0.5) is 0 Å². The monoisotopic (exact) mass is 1080 g/mol. The van der Waals surface area contributed by atoms with E-state index in [-0.39, 0.29) is 43.9 Å². The van der Waals surface area contributed by atoms with Gasteiger partial charge in [0.2, 0.25) is 53.2 Å². The van der Waals surface area contributed by atoms with E-state index in [1.54, 1.807) is 44.5 Å². The van der Waals surface area contributed by atoms with Crippen molar-refractivity contribution in [1.29, 1.82) is 0 Å². The Morgan fingerprint density at radius 1 is 0.613 bits per heavy atom. The first kappa shape index (κ1) is 64.8. The zero-order chi connectivity index (χ0) is 56.7. The molecule has 2 rings (SSSR count). The molecule has 75 heavy (non-hydrogen) atoms. The lowest BCUT2D eigenvalue weighted by molar-refractivity contribution is -0.143. The Bertz CT molecular complexity index is 2260. The van der Waals surface area contributed by atoms with Gasteiger partial charge >= 0.3 is 5.97 Å². The number of rotatable bonds is 34. The Hall–Kier alpha value is -6.35. The predicted molar refractivity (Wildman–Crippen MR) is 279 cm³/mol. The summed E-state index contributed by atoms with van der Waals surface area (Å²) in [5.74, 6) is -10.0. The van der Waals surface area contributed by atoms with Crippen LogP contribution >= 0.6 is 11.8 Å². The summed E-state index contributed by atoms with van der Waals surface area (Å²) in [5, 5.41) is 59.9. The number of carbonyl (C=O) groups excluding carboxylic acids is 9. The molecule has 9 amide bonds. The van der Waals surface area contributed by atoms with Crippen molar-refractivity contribution in [3.05, 3.63) is 36.0 Å². The number of fused-ring (bicyclic) bond motifs is 1. The summed E-state index contributed by atoms with van der Waals surface area (Å²) in [6, 6.07) is -5.73. The van der Waals surface area contributed by atoms with Crippen LogP contribution in [-0.2, 0) is 54.4 Å². The second kappa shape index (κ2) is 32.2. The highest BCUT2D eigenvalue weighted by atomic mass is 32.2. The topological polar surface area (TPSA) is 416 Å². The Morgan fingerprint density at radius 3 is 1.59 bits per heavy atom. The largest absolute Gasteiger partial charge is 0.480 e. The lowest BCUT2D eigenvalue weighted by atomic mass is 9.96. The molecule has 1 heterocycles. The first-order valence-electron chi connectivity index (χ1n) is 24.9. The van der Waals surface area contributed by atoms with Gasteiger partial charge in [-0.15, -0.1) is 0 Å². The second-order valence-corrected chi connectivity index (χ2v) is 20.4. The number of carboxylic acid groups (broad SMARTS) is 1. The molecule has 1 aromatic heterocycles. The molecule has 0 radical (unpaired) electrons. The maximum Gasteiger partial charge on any atom is 0.328 e. The number of aliphatic hydroxyl groups excluding tert-OH is 3. The number of H-pyrrole nitrogens is 1. The Balaban J connectivity index is 2.54. The van der Waals surface area contributed by atoms with Gasteiger partial charge in [0, 0.05) is 29.9 Å². The molecule has 11 atom stereocenters. The maximum absolute atomic E-state index is 14.6. The molecule has 2 aromatic rings. The number of aromatic amines is 1. The van der Waals surface area contributed by atoms with Gasteiger partial charge in [0.25, 0.3) is 0 Å². The van der Waals surface area contributed by atoms with Gasteiger partial charge in [-0.3, -0.25) is 43.2 Å². The Labute approximate surface area is 440 Å². The first-order chi connectivity index (χ1) is 35.3. The van der Waals surface area contributed by atoms with Crippen LogP contribution in [0.25, 0.3) is 10.9 Å². The Kier molecular flexibility index (Phi) is 27.8. The highest BCUT2D eigenvalue weighted by molar-refractivity contribution is 7.98. The van der Waals surface area contributed by atoms with Crippen LogP contribution in [0.5, 0.6) is 0 Å². The van der Waals surface area contributed by atoms with Crippen molar-refractivity contribution in [2.24, 2.45) is 29.2 Å². The number of aromatic nitrogens is 1. The summed E-state index contributed by atoms with van der Waals surface area (Å²) in [6.07, 6.45) is 1.43. The summed E-state index contributed by atoms with van der Waals surface area (Å²) < 4.78 is 0. The number of primary amides is 1. The maximum atomic E-state index is 14.6. The third kappa shape index (κ3) is 21.4. The minimum Gasteiger partial charge on any atom is -0.480 e. The molecule has 0 aliphatic carbocycles. The number of aliphatic carboxylic acids is 1. The lowest BCUT2D eigenvalue weighted by Gasteiger charge is -2.30. The zero-order valence-corrected chi connectivity index (χ0v) is 44.7. The summed E-state index contributed by atoms with van der Waals surface area (Å²) in [5.41, 5.74) is 12.3. The average Bonchev–Trinajstić information content (AvgIpc) is 3.76. The molecule has 25 nitrogen and oxygen atoms in total. The number of hydrogen-bond donors (Lipinski definition) is 15. The third-order valence-corrected chi connectivity index (χ3v) is 12.8. The number of carbonyl (C=O) groups is 10. The van der Waals surface area contributed by atoms with Gasteiger partial charge in [-0.2, -0.15) is 11.8 Å². The fourth-order valence-corrected chi connectivity index (χ4v) is 8.17. The molecule has 17 N–H and O–H groups in total. The number of carboxylic acids is 1. The van der Waals surface area contributed by atoms with E-state index in [1.165, 1.54) is 11.8 Å². The van der Waals surface area contributed by atoms with Crippen LogP contribution in [0.2, 0.25) is 0 Å². The minimum absolute atomic E-state index is 0.0703. The van der Waals surface area contributed by atoms with Gasteiger partial charge < -0.3 is 79.4 Å². The van der Waals surface area contributed by atoms with Crippen molar-refractivity contribution in [2.75, 3.05) is 25.2 Å². The van der Waals surface area contributed by atoms with Gasteiger partial charge in [0.05, 0.1) is 19.3 Å². The highest BCUT2D eigenvalue weighted by Crippen LogP contribution is 2.20. The molecule has 0 spiro atoms. The van der Waals surface area contributed by atoms with Gasteiger partial charge in [-0.25, -0.2) is 4.79 Å². The van der Waals surface area contributed by atoms with E-state index < -0.39 is 152 Å². The highest BCUT2D eigenvalue weighted by Gasteiger charge is 2.38. The first-order valence-corrected chi connectivity index (χ1v) is 26.3. The van der Waals surface area contributed by atoms with Crippen LogP contribution < -0.4 is 54.0 Å². The number of hydrogen-bond acceptors (Lipinski definition) is 15. The molecular formula is C49H79N11O14S.